The van der Waals surface area contributed by atoms with Gasteiger partial charge in [-0.15, -0.1) is 0 Å². The maximum atomic E-state index is 6.23. The van der Waals surface area contributed by atoms with Crippen LogP contribution in [0, 0.1) is 0 Å². The van der Waals surface area contributed by atoms with Gasteiger partial charge >= 0.3 is 0 Å². The van der Waals surface area contributed by atoms with Crippen LogP contribution < -0.4 is 5.73 Å². The van der Waals surface area contributed by atoms with Gasteiger partial charge in [0.25, 0.3) is 0 Å². The quantitative estimate of drug-likeness (QED) is 0.454. The van der Waals surface area contributed by atoms with E-state index in [1.54, 1.807) is 0 Å². The van der Waals surface area contributed by atoms with Crippen molar-refractivity contribution in [1.29, 1.82) is 0 Å². The van der Waals surface area contributed by atoms with Crippen LogP contribution in [-0.4, -0.2) is 13.5 Å². The maximum Gasteiger partial charge on any atom is 0.202 e. The molecular weight excluding hydrogens is 476 g/mol. The van der Waals surface area contributed by atoms with E-state index in [0.29, 0.717) is 5.95 Å². The van der Waals surface area contributed by atoms with Gasteiger partial charge < -0.3 is 5.73 Å². The summed E-state index contributed by atoms with van der Waals surface area (Å²) in [5, 5.41) is 0. The molecule has 0 radical (unpaired) electrons. The zero-order chi connectivity index (χ0) is 14.2. The lowest BCUT2D eigenvalue weighted by Gasteiger charge is -2.33. The number of anilines is 1. The van der Waals surface area contributed by atoms with Crippen LogP contribution in [0.2, 0.25) is 0 Å². The van der Waals surface area contributed by atoms with E-state index in [1.165, 1.54) is 44.0 Å². The molecule has 0 saturated heterocycles. The highest BCUT2D eigenvalue weighted by Gasteiger charge is 2.33. The number of nitrogens with two attached hydrogens (primary N) is 1. The lowest BCUT2D eigenvalue weighted by atomic mass is 9.96. The van der Waals surface area contributed by atoms with E-state index in [9.17, 15) is 0 Å². The van der Waals surface area contributed by atoms with Crippen LogP contribution in [0.4, 0.5) is 5.95 Å². The molecular formula is C15H19I2N3. The van der Waals surface area contributed by atoms with E-state index in [-0.39, 0.29) is 3.55 Å². The zero-order valence-electron chi connectivity index (χ0n) is 11.4. The standard InChI is InChI=1S/C15H19I2N3/c16-11-5-3-9-15(17,10-4-6-11)20-13-8-2-1-7-12(13)19-14(20)18/h1-2,7-8,11H,3-6,9-10H2,(H2,18,19). The largest absolute Gasteiger partial charge is 0.369 e. The van der Waals surface area contributed by atoms with Gasteiger partial charge in [-0.05, 0) is 50.7 Å². The highest BCUT2D eigenvalue weighted by atomic mass is 127. The second-order valence-electron chi connectivity index (χ2n) is 5.59. The van der Waals surface area contributed by atoms with Gasteiger partial charge in [0.1, 0.15) is 0 Å². The Balaban J connectivity index is 2.01. The van der Waals surface area contributed by atoms with E-state index in [1.807, 2.05) is 12.1 Å². The van der Waals surface area contributed by atoms with Gasteiger partial charge in [0, 0.05) is 3.92 Å². The number of benzene rings is 1. The molecule has 20 heavy (non-hydrogen) atoms. The van der Waals surface area contributed by atoms with Gasteiger partial charge in [-0.25, -0.2) is 4.98 Å². The summed E-state index contributed by atoms with van der Waals surface area (Å²) in [7, 11) is 0. The number of nitrogen functional groups attached to an aromatic ring is 1. The smallest absolute Gasteiger partial charge is 0.202 e. The van der Waals surface area contributed by atoms with Crippen molar-refractivity contribution in [3.05, 3.63) is 24.3 Å². The van der Waals surface area contributed by atoms with Crippen LogP contribution in [-0.2, 0) is 3.55 Å². The molecule has 0 unspecified atom stereocenters. The Morgan fingerprint density at radius 3 is 2.55 bits per heavy atom. The van der Waals surface area contributed by atoms with Crippen molar-refractivity contribution >= 4 is 62.2 Å². The summed E-state index contributed by atoms with van der Waals surface area (Å²) < 4.78 is 3.19. The lowest BCUT2D eigenvalue weighted by Crippen LogP contribution is -2.29. The third-order valence-electron chi connectivity index (χ3n) is 4.14. The Morgan fingerprint density at radius 2 is 1.85 bits per heavy atom. The molecule has 2 aromatic rings. The number of halogens is 2. The number of para-hydroxylation sites is 2. The van der Waals surface area contributed by atoms with Gasteiger partial charge in [-0.1, -0.05) is 57.3 Å². The van der Waals surface area contributed by atoms with Crippen molar-refractivity contribution < 1.29 is 0 Å². The number of rotatable bonds is 1. The molecule has 0 spiro atoms. The molecule has 108 valence electrons. The average Bonchev–Trinajstić information content (AvgIpc) is 2.73. The first-order chi connectivity index (χ1) is 9.60. The molecule has 1 saturated carbocycles. The normalized spacial score (nSPS) is 28.2. The molecule has 1 heterocycles. The molecule has 1 fully saturated rings. The molecule has 0 atom stereocenters. The predicted octanol–water partition coefficient (Wildman–Crippen LogP) is 4.86. The first-order valence-corrected chi connectivity index (χ1v) is 9.49. The fourth-order valence-electron chi connectivity index (χ4n) is 3.15. The van der Waals surface area contributed by atoms with Crippen LogP contribution in [0.3, 0.4) is 0 Å². The first kappa shape index (κ1) is 14.9. The molecule has 1 aromatic heterocycles. The summed E-state index contributed by atoms with van der Waals surface area (Å²) >= 11 is 5.21. The summed E-state index contributed by atoms with van der Waals surface area (Å²) in [4.78, 5) is 4.54. The third-order valence-corrected chi connectivity index (χ3v) is 6.95. The predicted molar refractivity (Wildman–Crippen MR) is 102 cm³/mol. The van der Waals surface area contributed by atoms with Gasteiger partial charge in [-0.3, -0.25) is 4.57 Å². The minimum Gasteiger partial charge on any atom is -0.369 e. The summed E-state index contributed by atoms with van der Waals surface area (Å²) in [6.07, 6.45) is 7.52. The monoisotopic (exact) mass is 495 g/mol. The van der Waals surface area contributed by atoms with Crippen LogP contribution in [0.1, 0.15) is 38.5 Å². The number of nitrogens with zero attached hydrogens (tertiary/aromatic N) is 2. The molecule has 0 bridgehead atoms. The molecule has 2 N–H and O–H groups in total. The van der Waals surface area contributed by atoms with E-state index in [2.05, 4.69) is 66.9 Å². The van der Waals surface area contributed by atoms with Crippen LogP contribution in [0.25, 0.3) is 11.0 Å². The van der Waals surface area contributed by atoms with Crippen LogP contribution in [0.15, 0.2) is 24.3 Å². The number of hydrogen-bond donors (Lipinski definition) is 1. The second-order valence-corrected chi connectivity index (χ2v) is 9.36. The molecule has 1 aromatic carbocycles. The lowest BCUT2D eigenvalue weighted by molar-refractivity contribution is 0.368. The SMILES string of the molecule is Nc1nc2ccccc2n1C1(I)CCCC(I)CCC1. The molecule has 1 aliphatic carbocycles. The van der Waals surface area contributed by atoms with Crippen molar-refractivity contribution in [3.63, 3.8) is 0 Å². The van der Waals surface area contributed by atoms with Gasteiger partial charge in [-0.2, -0.15) is 0 Å². The number of fused-ring (bicyclic) bond motifs is 1. The van der Waals surface area contributed by atoms with E-state index < -0.39 is 0 Å². The fraction of sp³-hybridized carbons (Fsp3) is 0.533. The molecule has 3 rings (SSSR count). The Morgan fingerprint density at radius 1 is 1.20 bits per heavy atom. The summed E-state index contributed by atoms with van der Waals surface area (Å²) in [5.74, 6) is 0.659. The van der Waals surface area contributed by atoms with Crippen molar-refractivity contribution in [2.45, 2.75) is 46.0 Å². The van der Waals surface area contributed by atoms with E-state index in [4.69, 9.17) is 5.73 Å². The minimum atomic E-state index is 0.0781. The zero-order valence-corrected chi connectivity index (χ0v) is 15.7. The van der Waals surface area contributed by atoms with Gasteiger partial charge in [0.2, 0.25) is 5.95 Å². The van der Waals surface area contributed by atoms with Crippen molar-refractivity contribution in [3.8, 4) is 0 Å². The first-order valence-electron chi connectivity index (χ1n) is 7.16. The van der Waals surface area contributed by atoms with Crippen molar-refractivity contribution in [2.75, 3.05) is 5.73 Å². The number of hydrogen-bond acceptors (Lipinski definition) is 2. The van der Waals surface area contributed by atoms with Gasteiger partial charge in [0.15, 0.2) is 0 Å². The highest BCUT2D eigenvalue weighted by Crippen LogP contribution is 2.43. The van der Waals surface area contributed by atoms with E-state index in [0.717, 1.165) is 9.44 Å². The van der Waals surface area contributed by atoms with E-state index >= 15 is 0 Å². The minimum absolute atomic E-state index is 0.0781. The molecule has 0 aliphatic heterocycles. The average molecular weight is 495 g/mol. The number of imidazole rings is 1. The summed E-state index contributed by atoms with van der Waals surface area (Å²) in [6, 6.07) is 8.28. The summed E-state index contributed by atoms with van der Waals surface area (Å²) in [6.45, 7) is 0. The Kier molecular flexibility index (Phi) is 4.45. The number of aromatic nitrogens is 2. The summed E-state index contributed by atoms with van der Waals surface area (Å²) in [5.41, 5.74) is 8.41. The van der Waals surface area contributed by atoms with Crippen LogP contribution in [0.5, 0.6) is 0 Å². The molecule has 5 heteroatoms. The van der Waals surface area contributed by atoms with Crippen LogP contribution >= 0.6 is 45.2 Å². The Bertz CT molecular complexity index is 598. The molecule has 1 aliphatic rings. The van der Waals surface area contributed by atoms with Crippen molar-refractivity contribution in [2.24, 2.45) is 0 Å². The molecule has 3 nitrogen and oxygen atoms in total. The number of alkyl halides is 2. The Labute approximate surface area is 147 Å². The molecule has 0 amide bonds. The third kappa shape index (κ3) is 2.80. The highest BCUT2D eigenvalue weighted by molar-refractivity contribution is 14.1. The van der Waals surface area contributed by atoms with Crippen molar-refractivity contribution in [1.82, 2.24) is 9.55 Å². The second kappa shape index (κ2) is 5.98. The Hall–Kier alpha value is -0.0500. The van der Waals surface area contributed by atoms with Gasteiger partial charge in [0.05, 0.1) is 14.6 Å². The topological polar surface area (TPSA) is 43.8 Å². The maximum absolute atomic E-state index is 6.23. The fourth-order valence-corrected chi connectivity index (χ4v) is 5.30.